The monoisotopic (exact) mass is 289 g/mol. The second-order valence-corrected chi connectivity index (χ2v) is 6.42. The minimum atomic E-state index is 0.310. The van der Waals surface area contributed by atoms with Gasteiger partial charge in [-0.1, -0.05) is 6.42 Å². The quantitative estimate of drug-likeness (QED) is 0.840. The van der Waals surface area contributed by atoms with Gasteiger partial charge in [0.25, 0.3) is 0 Å². The normalized spacial score (nSPS) is 24.4. The predicted molar refractivity (Wildman–Crippen MR) is 85.7 cm³/mol. The first-order valence-electron chi connectivity index (χ1n) is 8.15. The van der Waals surface area contributed by atoms with Crippen LogP contribution in [-0.4, -0.2) is 60.5 Å². The van der Waals surface area contributed by atoms with Crippen LogP contribution >= 0.6 is 0 Å². The van der Waals surface area contributed by atoms with E-state index in [4.69, 9.17) is 9.97 Å². The zero-order valence-corrected chi connectivity index (χ0v) is 13.5. The van der Waals surface area contributed by atoms with Gasteiger partial charge in [0, 0.05) is 37.9 Å². The van der Waals surface area contributed by atoms with Gasteiger partial charge in [0.1, 0.15) is 11.6 Å². The Morgan fingerprint density at radius 1 is 1.05 bits per heavy atom. The van der Waals surface area contributed by atoms with Crippen LogP contribution in [0.3, 0.4) is 0 Å². The molecule has 0 spiro atoms. The maximum Gasteiger partial charge on any atom is 0.149 e. The standard InChI is InChI=1S/C16H27N5/c1-17-15-12-7-5-4-6-8-13(12)18-16(19-15)14-11-20(2)9-10-21(14)3/h14H,4-11H2,1-3H3,(H,17,18,19). The Morgan fingerprint density at radius 3 is 2.67 bits per heavy atom. The number of aromatic nitrogens is 2. The molecule has 0 saturated carbocycles. The summed E-state index contributed by atoms with van der Waals surface area (Å²) in [5.41, 5.74) is 2.63. The van der Waals surface area contributed by atoms with Gasteiger partial charge in [-0.2, -0.15) is 0 Å². The molecule has 1 aromatic rings. The highest BCUT2D eigenvalue weighted by Crippen LogP contribution is 2.28. The van der Waals surface area contributed by atoms with E-state index in [2.05, 4.69) is 29.2 Å². The van der Waals surface area contributed by atoms with Crippen LogP contribution in [-0.2, 0) is 12.8 Å². The third-order valence-electron chi connectivity index (χ3n) is 4.84. The Balaban J connectivity index is 1.97. The molecule has 1 fully saturated rings. The summed E-state index contributed by atoms with van der Waals surface area (Å²) in [6, 6.07) is 0.310. The molecule has 0 bridgehead atoms. The number of nitrogens with one attached hydrogen (secondary N) is 1. The molecule has 116 valence electrons. The number of rotatable bonds is 2. The first-order chi connectivity index (χ1) is 10.2. The number of anilines is 1. The summed E-state index contributed by atoms with van der Waals surface area (Å²) in [5.74, 6) is 2.05. The van der Waals surface area contributed by atoms with Crippen LogP contribution in [0.5, 0.6) is 0 Å². The van der Waals surface area contributed by atoms with Crippen LogP contribution in [0.15, 0.2) is 0 Å². The van der Waals surface area contributed by atoms with Crippen molar-refractivity contribution < 1.29 is 0 Å². The fraction of sp³-hybridized carbons (Fsp3) is 0.750. The van der Waals surface area contributed by atoms with E-state index in [1.807, 2.05) is 7.05 Å². The molecule has 1 N–H and O–H groups in total. The Bertz CT molecular complexity index is 502. The van der Waals surface area contributed by atoms with Gasteiger partial charge < -0.3 is 10.2 Å². The van der Waals surface area contributed by atoms with Crippen LogP contribution in [0.1, 0.15) is 42.4 Å². The van der Waals surface area contributed by atoms with Crippen LogP contribution in [0.4, 0.5) is 5.82 Å². The highest BCUT2D eigenvalue weighted by molar-refractivity contribution is 5.47. The molecule has 1 aliphatic carbocycles. The molecule has 1 aromatic heterocycles. The zero-order valence-electron chi connectivity index (χ0n) is 13.5. The van der Waals surface area contributed by atoms with Gasteiger partial charge in [-0.3, -0.25) is 4.90 Å². The van der Waals surface area contributed by atoms with Crippen molar-refractivity contribution >= 4 is 5.82 Å². The second-order valence-electron chi connectivity index (χ2n) is 6.42. The summed E-state index contributed by atoms with van der Waals surface area (Å²) in [5, 5.41) is 3.31. The molecular weight excluding hydrogens is 262 g/mol. The highest BCUT2D eigenvalue weighted by Gasteiger charge is 2.28. The fourth-order valence-corrected chi connectivity index (χ4v) is 3.43. The van der Waals surface area contributed by atoms with Crippen molar-refractivity contribution in [2.45, 2.75) is 38.1 Å². The fourth-order valence-electron chi connectivity index (χ4n) is 3.43. The molecule has 2 aliphatic rings. The van der Waals surface area contributed by atoms with E-state index in [0.717, 1.165) is 44.1 Å². The molecule has 0 amide bonds. The van der Waals surface area contributed by atoms with E-state index < -0.39 is 0 Å². The van der Waals surface area contributed by atoms with Crippen molar-refractivity contribution in [3.63, 3.8) is 0 Å². The Hall–Kier alpha value is -1.20. The van der Waals surface area contributed by atoms with E-state index in [1.54, 1.807) is 0 Å². The van der Waals surface area contributed by atoms with E-state index >= 15 is 0 Å². The molecule has 21 heavy (non-hydrogen) atoms. The predicted octanol–water partition coefficient (Wildman–Crippen LogP) is 1.71. The average molecular weight is 289 g/mol. The summed E-state index contributed by atoms with van der Waals surface area (Å²) in [4.78, 5) is 14.6. The lowest BCUT2D eigenvalue weighted by Crippen LogP contribution is -2.45. The molecule has 2 heterocycles. The maximum absolute atomic E-state index is 4.97. The SMILES string of the molecule is CNc1nc(C2CN(C)CCN2C)nc2c1CCCCC2. The summed E-state index contributed by atoms with van der Waals surface area (Å²) in [7, 11) is 6.35. The van der Waals surface area contributed by atoms with Crippen molar-refractivity contribution in [2.24, 2.45) is 0 Å². The molecule has 3 rings (SSSR count). The third kappa shape index (κ3) is 3.04. The number of fused-ring (bicyclic) bond motifs is 1. The topological polar surface area (TPSA) is 44.3 Å². The van der Waals surface area contributed by atoms with Gasteiger partial charge in [0.2, 0.25) is 0 Å². The van der Waals surface area contributed by atoms with Gasteiger partial charge in [-0.05, 0) is 39.8 Å². The van der Waals surface area contributed by atoms with E-state index in [9.17, 15) is 0 Å². The first-order valence-corrected chi connectivity index (χ1v) is 8.15. The molecule has 5 heteroatoms. The summed E-state index contributed by atoms with van der Waals surface area (Å²) < 4.78 is 0. The van der Waals surface area contributed by atoms with Crippen molar-refractivity contribution in [1.29, 1.82) is 0 Å². The van der Waals surface area contributed by atoms with E-state index in [0.29, 0.717) is 6.04 Å². The molecule has 0 aromatic carbocycles. The smallest absolute Gasteiger partial charge is 0.149 e. The average Bonchev–Trinajstić information content (AvgIpc) is 2.74. The molecular formula is C16H27N5. The lowest BCUT2D eigenvalue weighted by molar-refractivity contribution is 0.109. The van der Waals surface area contributed by atoms with Gasteiger partial charge in [0.05, 0.1) is 6.04 Å². The Labute approximate surface area is 127 Å². The Kier molecular flexibility index (Phi) is 4.40. The molecule has 1 unspecified atom stereocenters. The van der Waals surface area contributed by atoms with E-state index in [1.165, 1.54) is 30.5 Å². The number of hydrogen-bond acceptors (Lipinski definition) is 5. The lowest BCUT2D eigenvalue weighted by Gasteiger charge is -2.37. The van der Waals surface area contributed by atoms with Crippen molar-refractivity contribution in [1.82, 2.24) is 19.8 Å². The summed E-state index contributed by atoms with van der Waals surface area (Å²) >= 11 is 0. The number of likely N-dealkylation sites (N-methyl/N-ethyl adjacent to an activating group) is 2. The minimum Gasteiger partial charge on any atom is -0.373 e. The Morgan fingerprint density at radius 2 is 1.86 bits per heavy atom. The zero-order chi connectivity index (χ0) is 14.8. The maximum atomic E-state index is 4.97. The van der Waals surface area contributed by atoms with Crippen LogP contribution in [0.25, 0.3) is 0 Å². The largest absolute Gasteiger partial charge is 0.373 e. The van der Waals surface area contributed by atoms with Crippen molar-refractivity contribution in [3.8, 4) is 0 Å². The van der Waals surface area contributed by atoms with Crippen molar-refractivity contribution in [3.05, 3.63) is 17.1 Å². The number of hydrogen-bond donors (Lipinski definition) is 1. The van der Waals surface area contributed by atoms with Crippen LogP contribution in [0.2, 0.25) is 0 Å². The number of piperazine rings is 1. The molecule has 1 saturated heterocycles. The third-order valence-corrected chi connectivity index (χ3v) is 4.84. The highest BCUT2D eigenvalue weighted by atomic mass is 15.3. The van der Waals surface area contributed by atoms with Crippen molar-refractivity contribution in [2.75, 3.05) is 46.1 Å². The van der Waals surface area contributed by atoms with Crippen LogP contribution < -0.4 is 5.32 Å². The minimum absolute atomic E-state index is 0.310. The molecule has 5 nitrogen and oxygen atoms in total. The van der Waals surface area contributed by atoms with Gasteiger partial charge in [-0.25, -0.2) is 9.97 Å². The number of aryl methyl sites for hydroxylation is 1. The second kappa shape index (κ2) is 6.28. The lowest BCUT2D eigenvalue weighted by atomic mass is 10.1. The summed E-state index contributed by atoms with van der Waals surface area (Å²) in [6.45, 7) is 3.21. The number of nitrogens with zero attached hydrogens (tertiary/aromatic N) is 4. The van der Waals surface area contributed by atoms with Gasteiger partial charge >= 0.3 is 0 Å². The van der Waals surface area contributed by atoms with Crippen LogP contribution in [0, 0.1) is 0 Å². The molecule has 0 radical (unpaired) electrons. The van der Waals surface area contributed by atoms with Gasteiger partial charge in [0.15, 0.2) is 0 Å². The van der Waals surface area contributed by atoms with E-state index in [-0.39, 0.29) is 0 Å². The van der Waals surface area contributed by atoms with Gasteiger partial charge in [-0.15, -0.1) is 0 Å². The molecule has 1 atom stereocenters. The summed E-state index contributed by atoms with van der Waals surface area (Å²) in [6.07, 6.45) is 6.04. The first kappa shape index (κ1) is 14.7. The molecule has 1 aliphatic heterocycles.